The third kappa shape index (κ3) is 3.58. The molecule has 1 N–H and O–H groups in total. The van der Waals surface area contributed by atoms with Gasteiger partial charge in [0, 0.05) is 17.8 Å². The van der Waals surface area contributed by atoms with Crippen molar-refractivity contribution in [2.24, 2.45) is 5.41 Å². The fourth-order valence-corrected chi connectivity index (χ4v) is 5.15. The van der Waals surface area contributed by atoms with Crippen LogP contribution < -0.4 is 10.2 Å². The Bertz CT molecular complexity index is 1200. The maximum absolute atomic E-state index is 14.8. The van der Waals surface area contributed by atoms with Gasteiger partial charge in [-0.3, -0.25) is 19.3 Å². The van der Waals surface area contributed by atoms with Gasteiger partial charge in [-0.1, -0.05) is 26.0 Å². The van der Waals surface area contributed by atoms with Gasteiger partial charge in [-0.15, -0.1) is 11.3 Å². The summed E-state index contributed by atoms with van der Waals surface area (Å²) in [7, 11) is 0. The maximum Gasteiger partial charge on any atom is 0.425 e. The average molecular weight is 477 g/mol. The van der Waals surface area contributed by atoms with E-state index in [2.05, 4.69) is 0 Å². The molecule has 0 radical (unpaired) electrons. The van der Waals surface area contributed by atoms with Gasteiger partial charge in [0.05, 0.1) is 10.5 Å². The molecule has 9 heteroatoms. The second kappa shape index (κ2) is 7.55. The molecule has 1 aromatic heterocycles. The van der Waals surface area contributed by atoms with Crippen LogP contribution in [0, 0.1) is 19.3 Å². The van der Waals surface area contributed by atoms with Crippen LogP contribution in [0.5, 0.6) is 0 Å². The number of nitrogens with zero attached hydrogens (tertiary/aromatic N) is 1. The van der Waals surface area contributed by atoms with E-state index in [1.807, 2.05) is 12.2 Å². The van der Waals surface area contributed by atoms with Crippen molar-refractivity contribution in [2.75, 3.05) is 4.90 Å². The molecule has 33 heavy (non-hydrogen) atoms. The van der Waals surface area contributed by atoms with Gasteiger partial charge >= 0.3 is 6.18 Å². The van der Waals surface area contributed by atoms with Gasteiger partial charge in [-0.25, -0.2) is 0 Å². The summed E-state index contributed by atoms with van der Waals surface area (Å²) in [6, 6.07) is 7.79. The van der Waals surface area contributed by atoms with Crippen molar-refractivity contribution in [2.45, 2.75) is 52.3 Å². The van der Waals surface area contributed by atoms with Crippen LogP contribution in [0.4, 0.5) is 18.9 Å². The fourth-order valence-electron chi connectivity index (χ4n) is 4.53. The molecule has 1 aliphatic carbocycles. The predicted molar refractivity (Wildman–Crippen MR) is 119 cm³/mol. The van der Waals surface area contributed by atoms with E-state index in [1.54, 1.807) is 44.4 Å². The summed E-state index contributed by atoms with van der Waals surface area (Å²) in [4.78, 5) is 40.7. The lowest BCUT2D eigenvalue weighted by molar-refractivity contribution is -0.186. The number of amides is 2. The van der Waals surface area contributed by atoms with Crippen LogP contribution in [-0.4, -0.2) is 29.3 Å². The number of rotatable bonds is 3. The van der Waals surface area contributed by atoms with Crippen molar-refractivity contribution in [1.82, 2.24) is 5.32 Å². The molecule has 0 spiro atoms. The molecule has 1 unspecified atom stereocenters. The van der Waals surface area contributed by atoms with Crippen molar-refractivity contribution in [1.29, 1.82) is 0 Å². The first-order valence-electron chi connectivity index (χ1n) is 10.4. The number of benzene rings is 1. The lowest BCUT2D eigenvalue weighted by Gasteiger charge is -2.35. The smallest absolute Gasteiger partial charge is 0.326 e. The maximum atomic E-state index is 14.8. The summed E-state index contributed by atoms with van der Waals surface area (Å²) in [5, 5.41) is 3.49. The number of nitrogens with one attached hydrogen (secondary N) is 1. The van der Waals surface area contributed by atoms with Crippen LogP contribution in [0.3, 0.4) is 0 Å². The minimum absolute atomic E-state index is 0.00620. The standard InChI is InChI=1S/C24H23F3N2O3S/c1-13-7-8-15(10-14(13)2)29-16-11-22(3,4)12-17(30)19(16)23(21(29)32,24(25,26)27)28-20(31)18-6-5-9-33-18/h5-10H,11-12H2,1-4H3,(H,28,31). The molecule has 1 aliphatic heterocycles. The first-order chi connectivity index (χ1) is 15.3. The molecule has 0 saturated carbocycles. The zero-order valence-corrected chi connectivity index (χ0v) is 19.4. The molecule has 2 heterocycles. The molecule has 0 saturated heterocycles. The third-order valence-electron chi connectivity index (χ3n) is 6.24. The summed E-state index contributed by atoms with van der Waals surface area (Å²) in [5.41, 5.74) is -2.85. The molecule has 0 fully saturated rings. The molecule has 174 valence electrons. The van der Waals surface area contributed by atoms with Gasteiger partial charge in [0.2, 0.25) is 5.54 Å². The Hall–Kier alpha value is -2.94. The van der Waals surface area contributed by atoms with E-state index in [1.165, 1.54) is 12.1 Å². The highest BCUT2D eigenvalue weighted by atomic mass is 32.1. The highest BCUT2D eigenvalue weighted by molar-refractivity contribution is 7.12. The Labute approximate surface area is 193 Å². The number of hydrogen-bond donors (Lipinski definition) is 1. The Morgan fingerprint density at radius 1 is 1.09 bits per heavy atom. The highest BCUT2D eigenvalue weighted by Crippen LogP contribution is 2.53. The number of Topliss-reactive ketones (excluding diaryl/α,β-unsaturated/α-hetero) is 1. The van der Waals surface area contributed by atoms with Gasteiger partial charge in [0.1, 0.15) is 0 Å². The summed E-state index contributed by atoms with van der Waals surface area (Å²) < 4.78 is 44.4. The Morgan fingerprint density at radius 2 is 1.79 bits per heavy atom. The number of hydrogen-bond acceptors (Lipinski definition) is 4. The monoisotopic (exact) mass is 476 g/mol. The number of alkyl halides is 3. The van der Waals surface area contributed by atoms with Crippen molar-refractivity contribution in [3.63, 3.8) is 0 Å². The number of ketones is 1. The number of carbonyl (C=O) groups excluding carboxylic acids is 3. The van der Waals surface area contributed by atoms with E-state index in [0.717, 1.165) is 27.4 Å². The van der Waals surface area contributed by atoms with Crippen LogP contribution in [0.25, 0.3) is 0 Å². The zero-order valence-electron chi connectivity index (χ0n) is 18.6. The van der Waals surface area contributed by atoms with Crippen LogP contribution >= 0.6 is 11.3 Å². The van der Waals surface area contributed by atoms with Crippen molar-refractivity contribution in [3.05, 3.63) is 63.0 Å². The number of thiophene rings is 1. The van der Waals surface area contributed by atoms with E-state index in [9.17, 15) is 27.6 Å². The second-order valence-electron chi connectivity index (χ2n) is 9.35. The number of aryl methyl sites for hydroxylation is 2. The molecular formula is C24H23F3N2O3S. The predicted octanol–water partition coefficient (Wildman–Crippen LogP) is 5.09. The number of allylic oxidation sites excluding steroid dienone is 1. The second-order valence-corrected chi connectivity index (χ2v) is 10.3. The minimum atomic E-state index is -5.23. The van der Waals surface area contributed by atoms with Crippen LogP contribution in [0.15, 0.2) is 47.0 Å². The van der Waals surface area contributed by atoms with E-state index in [4.69, 9.17) is 0 Å². The SMILES string of the molecule is Cc1ccc(N2C(=O)C(NC(=O)c3cccs3)(C(F)(F)F)C3=C2CC(C)(C)CC3=O)cc1C. The third-order valence-corrected chi connectivity index (χ3v) is 7.11. The Morgan fingerprint density at radius 3 is 2.36 bits per heavy atom. The van der Waals surface area contributed by atoms with E-state index in [-0.39, 0.29) is 29.1 Å². The minimum Gasteiger partial charge on any atom is -0.326 e. The molecule has 5 nitrogen and oxygen atoms in total. The molecular weight excluding hydrogens is 453 g/mol. The van der Waals surface area contributed by atoms with Gasteiger partial charge in [-0.05, 0) is 60.4 Å². The Balaban J connectivity index is 1.97. The largest absolute Gasteiger partial charge is 0.425 e. The van der Waals surface area contributed by atoms with Gasteiger partial charge in [-0.2, -0.15) is 13.2 Å². The van der Waals surface area contributed by atoms with Crippen molar-refractivity contribution < 1.29 is 27.6 Å². The van der Waals surface area contributed by atoms with Crippen LogP contribution in [0.2, 0.25) is 0 Å². The number of halogens is 3. The normalized spacial score (nSPS) is 22.6. The lowest BCUT2D eigenvalue weighted by Crippen LogP contribution is -2.66. The molecule has 2 aromatic rings. The average Bonchev–Trinajstić information content (AvgIpc) is 3.29. The van der Waals surface area contributed by atoms with Gasteiger partial charge in [0.15, 0.2) is 5.78 Å². The summed E-state index contributed by atoms with van der Waals surface area (Å²) in [6.07, 6.45) is -5.31. The topological polar surface area (TPSA) is 66.5 Å². The molecule has 2 aliphatic rings. The quantitative estimate of drug-likeness (QED) is 0.672. The molecule has 1 aromatic carbocycles. The van der Waals surface area contributed by atoms with Gasteiger partial charge in [0.25, 0.3) is 11.8 Å². The molecule has 1 atom stereocenters. The molecule has 4 rings (SSSR count). The fraction of sp³-hybridized carbons (Fsp3) is 0.375. The zero-order chi connectivity index (χ0) is 24.3. The van der Waals surface area contributed by atoms with Crippen LogP contribution in [-0.2, 0) is 9.59 Å². The number of anilines is 1. The Kier molecular flexibility index (Phi) is 5.31. The summed E-state index contributed by atoms with van der Waals surface area (Å²) in [5.74, 6) is -3.23. The van der Waals surface area contributed by atoms with Crippen molar-refractivity contribution in [3.8, 4) is 0 Å². The van der Waals surface area contributed by atoms with Crippen molar-refractivity contribution >= 4 is 34.6 Å². The highest BCUT2D eigenvalue weighted by Gasteiger charge is 2.72. The van der Waals surface area contributed by atoms with E-state index >= 15 is 0 Å². The lowest BCUT2D eigenvalue weighted by atomic mass is 9.72. The summed E-state index contributed by atoms with van der Waals surface area (Å²) >= 11 is 0.950. The van der Waals surface area contributed by atoms with Crippen LogP contribution in [0.1, 0.15) is 47.5 Å². The van der Waals surface area contributed by atoms with E-state index in [0.29, 0.717) is 0 Å². The molecule has 2 amide bonds. The first-order valence-corrected chi connectivity index (χ1v) is 11.3. The number of carbonyl (C=O) groups is 3. The first kappa shape index (κ1) is 23.2. The molecule has 0 bridgehead atoms. The van der Waals surface area contributed by atoms with Gasteiger partial charge < -0.3 is 5.32 Å². The van der Waals surface area contributed by atoms with E-state index < -0.39 is 40.3 Å². The summed E-state index contributed by atoms with van der Waals surface area (Å²) in [6.45, 7) is 7.19.